The molecule has 114 valence electrons. The molecule has 0 heterocycles. The molecular formula is C21H23Br. The molecule has 0 aliphatic rings. The van der Waals surface area contributed by atoms with Gasteiger partial charge in [0.25, 0.3) is 0 Å². The Morgan fingerprint density at radius 2 is 1.68 bits per heavy atom. The maximum Gasteiger partial charge on any atom is 0.0175 e. The van der Waals surface area contributed by atoms with Crippen LogP contribution in [0.15, 0.2) is 64.8 Å². The predicted octanol–water partition coefficient (Wildman–Crippen LogP) is 7.12. The average Bonchev–Trinajstić information content (AvgIpc) is 2.56. The van der Waals surface area contributed by atoms with E-state index in [1.807, 2.05) is 6.07 Å². The summed E-state index contributed by atoms with van der Waals surface area (Å²) < 4.78 is 1.12. The zero-order chi connectivity index (χ0) is 15.6. The number of unbranched alkanes of at least 4 members (excludes halogenated alkanes) is 3. The Morgan fingerprint density at radius 1 is 0.955 bits per heavy atom. The molecule has 1 heteroatoms. The summed E-state index contributed by atoms with van der Waals surface area (Å²) in [6, 6.07) is 18.9. The van der Waals surface area contributed by atoms with Crippen molar-refractivity contribution in [3.8, 4) is 0 Å². The lowest BCUT2D eigenvalue weighted by Crippen LogP contribution is -1.85. The van der Waals surface area contributed by atoms with Crippen molar-refractivity contribution >= 4 is 27.6 Å². The number of allylic oxidation sites excluding steroid dienone is 1. The van der Waals surface area contributed by atoms with Crippen molar-refractivity contribution < 1.29 is 0 Å². The van der Waals surface area contributed by atoms with Gasteiger partial charge in [-0.25, -0.2) is 0 Å². The van der Waals surface area contributed by atoms with Gasteiger partial charge in [0.05, 0.1) is 0 Å². The minimum absolute atomic E-state index is 1.09. The zero-order valence-electron chi connectivity index (χ0n) is 13.2. The van der Waals surface area contributed by atoms with Crippen molar-refractivity contribution in [2.75, 3.05) is 0 Å². The first-order valence-corrected chi connectivity index (χ1v) is 8.85. The second-order valence-electron chi connectivity index (χ2n) is 5.50. The molecule has 0 aromatic heterocycles. The van der Waals surface area contributed by atoms with Crippen LogP contribution >= 0.6 is 15.9 Å². The molecule has 0 radical (unpaired) electrons. The van der Waals surface area contributed by atoms with E-state index in [4.69, 9.17) is 0 Å². The monoisotopic (exact) mass is 354 g/mol. The molecule has 2 rings (SSSR count). The topological polar surface area (TPSA) is 0 Å². The highest BCUT2D eigenvalue weighted by molar-refractivity contribution is 9.10. The average molecular weight is 355 g/mol. The first-order valence-electron chi connectivity index (χ1n) is 8.06. The van der Waals surface area contributed by atoms with E-state index in [9.17, 15) is 0 Å². The van der Waals surface area contributed by atoms with Gasteiger partial charge in [0.15, 0.2) is 0 Å². The van der Waals surface area contributed by atoms with Gasteiger partial charge in [-0.2, -0.15) is 0 Å². The summed E-state index contributed by atoms with van der Waals surface area (Å²) >= 11 is 3.51. The van der Waals surface area contributed by atoms with Crippen LogP contribution in [0.3, 0.4) is 0 Å². The molecule has 0 amide bonds. The highest BCUT2D eigenvalue weighted by Crippen LogP contribution is 2.23. The van der Waals surface area contributed by atoms with E-state index in [1.165, 1.54) is 42.4 Å². The molecule has 0 aliphatic heterocycles. The molecule has 0 unspecified atom stereocenters. The molecule has 0 saturated carbocycles. The van der Waals surface area contributed by atoms with Crippen molar-refractivity contribution in [2.24, 2.45) is 0 Å². The van der Waals surface area contributed by atoms with Crippen molar-refractivity contribution in [1.29, 1.82) is 0 Å². The van der Waals surface area contributed by atoms with Crippen LogP contribution in [0.5, 0.6) is 0 Å². The zero-order valence-corrected chi connectivity index (χ0v) is 14.8. The molecule has 2 aromatic rings. The smallest absolute Gasteiger partial charge is 0.0175 e. The first kappa shape index (κ1) is 16.8. The second kappa shape index (κ2) is 9.46. The molecular weight excluding hydrogens is 332 g/mol. The Kier molecular flexibility index (Phi) is 7.22. The Labute approximate surface area is 142 Å². The highest BCUT2D eigenvalue weighted by Gasteiger charge is 2.01. The largest absolute Gasteiger partial charge is 0.116 e. The number of halogens is 1. The summed E-state index contributed by atoms with van der Waals surface area (Å²) in [4.78, 5) is 0. The normalized spacial score (nSPS) is 10.1. The lowest BCUT2D eigenvalue weighted by molar-refractivity contribution is 0.679. The molecule has 0 fully saturated rings. The number of benzene rings is 2. The lowest BCUT2D eigenvalue weighted by atomic mass is 9.99. The Morgan fingerprint density at radius 3 is 2.36 bits per heavy atom. The van der Waals surface area contributed by atoms with E-state index in [2.05, 4.69) is 83.2 Å². The third kappa shape index (κ3) is 5.67. The molecule has 0 spiro atoms. The van der Waals surface area contributed by atoms with E-state index < -0.39 is 0 Å². The maximum absolute atomic E-state index is 3.53. The molecule has 0 bridgehead atoms. The first-order chi connectivity index (χ1) is 10.8. The van der Waals surface area contributed by atoms with Gasteiger partial charge < -0.3 is 0 Å². The molecule has 0 saturated heterocycles. The van der Waals surface area contributed by atoms with Crippen LogP contribution in [-0.4, -0.2) is 0 Å². The SMILES string of the molecule is CCCCCCC(=C=Cc1ccccc1)c1ccc(Br)cc1. The van der Waals surface area contributed by atoms with Crippen molar-refractivity contribution in [2.45, 2.75) is 39.0 Å². The number of rotatable bonds is 7. The van der Waals surface area contributed by atoms with Gasteiger partial charge in [-0.05, 0) is 42.2 Å². The van der Waals surface area contributed by atoms with Crippen LogP contribution in [0.1, 0.15) is 50.2 Å². The highest BCUT2D eigenvalue weighted by atomic mass is 79.9. The van der Waals surface area contributed by atoms with E-state index in [0.717, 1.165) is 10.9 Å². The van der Waals surface area contributed by atoms with Crippen LogP contribution in [0, 0.1) is 0 Å². The van der Waals surface area contributed by atoms with Crippen molar-refractivity contribution in [3.05, 3.63) is 75.9 Å². The Bertz CT molecular complexity index is 617. The Balaban J connectivity index is 2.20. The van der Waals surface area contributed by atoms with Crippen molar-refractivity contribution in [1.82, 2.24) is 0 Å². The quantitative estimate of drug-likeness (QED) is 0.366. The van der Waals surface area contributed by atoms with Gasteiger partial charge in [0.1, 0.15) is 0 Å². The minimum Gasteiger partial charge on any atom is -0.116 e. The summed E-state index contributed by atoms with van der Waals surface area (Å²) in [5, 5.41) is 0. The van der Waals surface area contributed by atoms with E-state index in [1.54, 1.807) is 0 Å². The van der Waals surface area contributed by atoms with Crippen LogP contribution < -0.4 is 0 Å². The molecule has 2 aromatic carbocycles. The summed E-state index contributed by atoms with van der Waals surface area (Å²) in [5.41, 5.74) is 7.29. The summed E-state index contributed by atoms with van der Waals surface area (Å²) in [6.45, 7) is 2.25. The third-order valence-corrected chi connectivity index (χ3v) is 4.21. The van der Waals surface area contributed by atoms with E-state index >= 15 is 0 Å². The second-order valence-corrected chi connectivity index (χ2v) is 6.41. The minimum atomic E-state index is 1.09. The maximum atomic E-state index is 3.53. The van der Waals surface area contributed by atoms with Gasteiger partial charge >= 0.3 is 0 Å². The standard InChI is InChI=1S/C21H23Br/c1-2-3-4-8-11-19(20-14-16-21(22)17-15-20)13-12-18-9-6-5-7-10-18/h5-7,9-10,12,14-17H,2-4,8,11H2,1H3. The van der Waals surface area contributed by atoms with Crippen LogP contribution in [0.2, 0.25) is 0 Å². The van der Waals surface area contributed by atoms with Crippen LogP contribution in [-0.2, 0) is 0 Å². The molecule has 0 N–H and O–H groups in total. The van der Waals surface area contributed by atoms with Gasteiger partial charge in [-0.1, -0.05) is 84.6 Å². The molecule has 0 nitrogen and oxygen atoms in total. The summed E-state index contributed by atoms with van der Waals surface area (Å²) in [7, 11) is 0. The summed E-state index contributed by atoms with van der Waals surface area (Å²) in [5.74, 6) is 0. The van der Waals surface area contributed by atoms with Gasteiger partial charge in [-0.3, -0.25) is 0 Å². The fraction of sp³-hybridized carbons (Fsp3) is 0.286. The number of hydrogen-bond donors (Lipinski definition) is 0. The summed E-state index contributed by atoms with van der Waals surface area (Å²) in [6.07, 6.45) is 8.30. The third-order valence-electron chi connectivity index (χ3n) is 3.69. The molecule has 22 heavy (non-hydrogen) atoms. The van der Waals surface area contributed by atoms with Gasteiger partial charge in [-0.15, -0.1) is 5.73 Å². The molecule has 0 aliphatic carbocycles. The van der Waals surface area contributed by atoms with Crippen LogP contribution in [0.25, 0.3) is 11.6 Å². The molecule has 0 atom stereocenters. The van der Waals surface area contributed by atoms with E-state index in [0.29, 0.717) is 0 Å². The van der Waals surface area contributed by atoms with Crippen LogP contribution in [0.4, 0.5) is 0 Å². The predicted molar refractivity (Wildman–Crippen MR) is 101 cm³/mol. The Hall–Kier alpha value is -1.56. The number of hydrogen-bond acceptors (Lipinski definition) is 0. The fourth-order valence-electron chi connectivity index (χ4n) is 2.40. The lowest BCUT2D eigenvalue weighted by Gasteiger charge is -2.06. The van der Waals surface area contributed by atoms with Crippen molar-refractivity contribution in [3.63, 3.8) is 0 Å². The van der Waals surface area contributed by atoms with Gasteiger partial charge in [0.2, 0.25) is 0 Å². The van der Waals surface area contributed by atoms with Gasteiger partial charge in [0, 0.05) is 10.0 Å². The van der Waals surface area contributed by atoms with E-state index in [-0.39, 0.29) is 0 Å². The fourth-order valence-corrected chi connectivity index (χ4v) is 2.66.